The number of carbonyl (C=O) groups is 1. The van der Waals surface area contributed by atoms with E-state index in [9.17, 15) is 29.5 Å². The van der Waals surface area contributed by atoms with Gasteiger partial charge in [0.1, 0.15) is 6.10 Å². The summed E-state index contributed by atoms with van der Waals surface area (Å²) < 4.78 is 13.6. The molecule has 1 aromatic rings. The SMILES string of the molecule is O=C(O)CC(O)C(O)c1cccc([N+](=O)[O-])c1F. The Kier molecular flexibility index (Phi) is 4.29. The summed E-state index contributed by atoms with van der Waals surface area (Å²) in [7, 11) is 0. The summed E-state index contributed by atoms with van der Waals surface area (Å²) in [6, 6.07) is 3.07. The van der Waals surface area contributed by atoms with E-state index >= 15 is 0 Å². The minimum Gasteiger partial charge on any atom is -0.481 e. The van der Waals surface area contributed by atoms with Crippen molar-refractivity contribution in [3.63, 3.8) is 0 Å². The highest BCUT2D eigenvalue weighted by Crippen LogP contribution is 2.27. The molecule has 0 saturated heterocycles. The maximum Gasteiger partial charge on any atom is 0.306 e. The average Bonchev–Trinajstić information content (AvgIpc) is 2.27. The fraction of sp³-hybridized carbons (Fsp3) is 0.300. The maximum atomic E-state index is 13.6. The number of aliphatic hydroxyl groups excluding tert-OH is 2. The van der Waals surface area contributed by atoms with E-state index in [0.717, 1.165) is 18.2 Å². The quantitative estimate of drug-likeness (QED) is 0.526. The van der Waals surface area contributed by atoms with Gasteiger partial charge in [-0.25, -0.2) is 0 Å². The van der Waals surface area contributed by atoms with Crippen molar-refractivity contribution in [3.8, 4) is 0 Å². The summed E-state index contributed by atoms with van der Waals surface area (Å²) >= 11 is 0. The molecule has 0 aromatic heterocycles. The van der Waals surface area contributed by atoms with Gasteiger partial charge < -0.3 is 15.3 Å². The molecule has 0 spiro atoms. The van der Waals surface area contributed by atoms with Crippen LogP contribution in [0.5, 0.6) is 0 Å². The highest BCUT2D eigenvalue weighted by molar-refractivity contribution is 5.67. The minimum absolute atomic E-state index is 0.516. The monoisotopic (exact) mass is 259 g/mol. The lowest BCUT2D eigenvalue weighted by atomic mass is 10.0. The Labute approximate surface area is 100 Å². The van der Waals surface area contributed by atoms with Gasteiger partial charge in [0.2, 0.25) is 5.82 Å². The van der Waals surface area contributed by atoms with Crippen LogP contribution in [0, 0.1) is 15.9 Å². The number of halogens is 1. The zero-order valence-electron chi connectivity index (χ0n) is 8.99. The number of rotatable bonds is 5. The normalized spacial score (nSPS) is 13.9. The Balaban J connectivity index is 3.06. The molecule has 0 aliphatic carbocycles. The largest absolute Gasteiger partial charge is 0.481 e. The standard InChI is InChI=1S/C10H10FNO6/c11-9-5(2-1-3-6(9)12(17)18)10(16)7(13)4-8(14)15/h1-3,7,10,13,16H,4H2,(H,14,15). The second kappa shape index (κ2) is 5.52. The Morgan fingerprint density at radius 2 is 2.06 bits per heavy atom. The Bertz CT molecular complexity index is 477. The highest BCUT2D eigenvalue weighted by atomic mass is 19.1. The lowest BCUT2D eigenvalue weighted by Gasteiger charge is -2.16. The number of carboxylic acids is 1. The van der Waals surface area contributed by atoms with Crippen LogP contribution in [-0.4, -0.2) is 32.3 Å². The molecule has 1 aromatic carbocycles. The Morgan fingerprint density at radius 1 is 1.44 bits per heavy atom. The molecule has 0 bridgehead atoms. The van der Waals surface area contributed by atoms with Crippen molar-refractivity contribution in [2.45, 2.75) is 18.6 Å². The van der Waals surface area contributed by atoms with E-state index in [0.29, 0.717) is 0 Å². The van der Waals surface area contributed by atoms with E-state index in [-0.39, 0.29) is 0 Å². The van der Waals surface area contributed by atoms with Crippen LogP contribution in [0.2, 0.25) is 0 Å². The second-order valence-corrected chi connectivity index (χ2v) is 3.55. The zero-order chi connectivity index (χ0) is 13.9. The fourth-order valence-electron chi connectivity index (χ4n) is 1.40. The number of benzene rings is 1. The van der Waals surface area contributed by atoms with Gasteiger partial charge >= 0.3 is 11.7 Å². The first-order chi connectivity index (χ1) is 8.34. The molecule has 3 N–H and O–H groups in total. The van der Waals surface area contributed by atoms with Crippen LogP contribution in [0.3, 0.4) is 0 Å². The van der Waals surface area contributed by atoms with Crippen LogP contribution in [0.4, 0.5) is 10.1 Å². The third-order valence-electron chi connectivity index (χ3n) is 2.27. The van der Waals surface area contributed by atoms with Gasteiger partial charge in [0, 0.05) is 11.6 Å². The molecule has 8 heteroatoms. The molecule has 0 amide bonds. The van der Waals surface area contributed by atoms with Crippen LogP contribution in [-0.2, 0) is 4.79 Å². The third kappa shape index (κ3) is 2.99. The van der Waals surface area contributed by atoms with Crippen molar-refractivity contribution < 1.29 is 29.4 Å². The summed E-state index contributed by atoms with van der Waals surface area (Å²) in [6.07, 6.45) is -4.40. The summed E-state index contributed by atoms with van der Waals surface area (Å²) in [5.41, 5.74) is -1.37. The fourth-order valence-corrected chi connectivity index (χ4v) is 1.40. The predicted molar refractivity (Wildman–Crippen MR) is 56.3 cm³/mol. The zero-order valence-corrected chi connectivity index (χ0v) is 8.99. The van der Waals surface area contributed by atoms with E-state index in [1.165, 1.54) is 0 Å². The minimum atomic E-state index is -1.85. The van der Waals surface area contributed by atoms with E-state index in [2.05, 4.69) is 0 Å². The van der Waals surface area contributed by atoms with Crippen molar-refractivity contribution in [2.75, 3.05) is 0 Å². The first kappa shape index (κ1) is 14.0. The smallest absolute Gasteiger partial charge is 0.306 e. The van der Waals surface area contributed by atoms with Gasteiger partial charge in [0.15, 0.2) is 0 Å². The summed E-state index contributed by atoms with van der Waals surface area (Å²) in [5, 5.41) is 37.8. The number of nitrogens with zero attached hydrogens (tertiary/aromatic N) is 1. The number of carboxylic acid groups (broad SMARTS) is 1. The topological polar surface area (TPSA) is 121 Å². The van der Waals surface area contributed by atoms with Crippen molar-refractivity contribution in [1.29, 1.82) is 0 Å². The highest BCUT2D eigenvalue weighted by Gasteiger charge is 2.27. The molecular formula is C10H10FNO6. The van der Waals surface area contributed by atoms with Crippen molar-refractivity contribution in [3.05, 3.63) is 39.7 Å². The van der Waals surface area contributed by atoms with Crippen molar-refractivity contribution in [2.24, 2.45) is 0 Å². The lowest BCUT2D eigenvalue weighted by Crippen LogP contribution is -2.22. The molecule has 2 atom stereocenters. The van der Waals surface area contributed by atoms with E-state index in [1.54, 1.807) is 0 Å². The first-order valence-corrected chi connectivity index (χ1v) is 4.85. The molecule has 1 rings (SSSR count). The molecular weight excluding hydrogens is 249 g/mol. The van der Waals surface area contributed by atoms with Crippen molar-refractivity contribution >= 4 is 11.7 Å². The van der Waals surface area contributed by atoms with Gasteiger partial charge in [-0.1, -0.05) is 12.1 Å². The maximum absolute atomic E-state index is 13.6. The first-order valence-electron chi connectivity index (χ1n) is 4.85. The number of nitro benzene ring substituents is 1. The molecule has 0 fully saturated rings. The van der Waals surface area contributed by atoms with Crippen LogP contribution in [0.25, 0.3) is 0 Å². The van der Waals surface area contributed by atoms with Crippen LogP contribution < -0.4 is 0 Å². The summed E-state index contributed by atoms with van der Waals surface area (Å²) in [6.45, 7) is 0. The molecule has 0 heterocycles. The molecule has 0 radical (unpaired) electrons. The third-order valence-corrected chi connectivity index (χ3v) is 2.27. The number of hydrogen-bond acceptors (Lipinski definition) is 5. The molecule has 98 valence electrons. The molecule has 7 nitrogen and oxygen atoms in total. The molecule has 2 unspecified atom stereocenters. The van der Waals surface area contributed by atoms with Crippen LogP contribution >= 0.6 is 0 Å². The van der Waals surface area contributed by atoms with E-state index in [4.69, 9.17) is 5.11 Å². The van der Waals surface area contributed by atoms with E-state index in [1.807, 2.05) is 0 Å². The number of hydrogen-bond donors (Lipinski definition) is 3. The molecule has 0 saturated carbocycles. The van der Waals surface area contributed by atoms with Crippen LogP contribution in [0.15, 0.2) is 18.2 Å². The van der Waals surface area contributed by atoms with E-state index < -0.39 is 46.6 Å². The lowest BCUT2D eigenvalue weighted by molar-refractivity contribution is -0.387. The Hall–Kier alpha value is -2.06. The molecule has 0 aliphatic rings. The van der Waals surface area contributed by atoms with Crippen LogP contribution in [0.1, 0.15) is 18.1 Å². The second-order valence-electron chi connectivity index (χ2n) is 3.55. The van der Waals surface area contributed by atoms with Gasteiger partial charge in [-0.3, -0.25) is 14.9 Å². The number of nitro groups is 1. The summed E-state index contributed by atoms with van der Waals surface area (Å²) in [5.74, 6) is -2.67. The molecule has 18 heavy (non-hydrogen) atoms. The Morgan fingerprint density at radius 3 is 2.56 bits per heavy atom. The van der Waals surface area contributed by atoms with Gasteiger partial charge in [0.25, 0.3) is 0 Å². The van der Waals surface area contributed by atoms with Gasteiger partial charge in [-0.2, -0.15) is 4.39 Å². The number of aliphatic hydroxyl groups is 2. The van der Waals surface area contributed by atoms with Gasteiger partial charge in [-0.15, -0.1) is 0 Å². The molecule has 0 aliphatic heterocycles. The number of aliphatic carboxylic acids is 1. The summed E-state index contributed by atoms with van der Waals surface area (Å²) in [4.78, 5) is 19.8. The van der Waals surface area contributed by atoms with Crippen molar-refractivity contribution in [1.82, 2.24) is 0 Å². The van der Waals surface area contributed by atoms with Gasteiger partial charge in [-0.05, 0) is 0 Å². The average molecular weight is 259 g/mol. The van der Waals surface area contributed by atoms with Gasteiger partial charge in [0.05, 0.1) is 17.4 Å². The predicted octanol–water partition coefficient (Wildman–Crippen LogP) is 0.603.